The monoisotopic (exact) mass is 447 g/mol. The highest BCUT2D eigenvalue weighted by atomic mass is 127. The minimum Gasteiger partial charge on any atom is -0.496 e. The average molecular weight is 447 g/mol. The van der Waals surface area contributed by atoms with Crippen LogP contribution in [0, 0.1) is 3.57 Å². The first-order valence-electron chi connectivity index (χ1n) is 6.95. The Morgan fingerprint density at radius 3 is 2.39 bits per heavy atom. The van der Waals surface area contributed by atoms with Crippen LogP contribution in [0.4, 0.5) is 5.69 Å². The van der Waals surface area contributed by atoms with Crippen molar-refractivity contribution in [3.05, 3.63) is 46.0 Å². The highest BCUT2D eigenvalue weighted by Crippen LogP contribution is 2.29. The van der Waals surface area contributed by atoms with Crippen molar-refractivity contribution < 1.29 is 17.9 Å². The maximum Gasteiger partial charge on any atom is 0.262 e. The van der Waals surface area contributed by atoms with Gasteiger partial charge in [-0.15, -0.1) is 0 Å². The first-order valence-corrected chi connectivity index (χ1v) is 9.51. The van der Waals surface area contributed by atoms with Crippen LogP contribution in [0.15, 0.2) is 47.4 Å². The van der Waals surface area contributed by atoms with Crippen LogP contribution in [0.2, 0.25) is 0 Å². The SMILES string of the molecule is COc1ccc(S(=O)(=O)Nc2ccccc2OC(C)C)cc1I. The van der Waals surface area contributed by atoms with Gasteiger partial charge in [0.25, 0.3) is 10.0 Å². The van der Waals surface area contributed by atoms with E-state index in [1.165, 1.54) is 6.07 Å². The quantitative estimate of drug-likeness (QED) is 0.683. The number of methoxy groups -OCH3 is 1. The molecule has 0 aliphatic carbocycles. The summed E-state index contributed by atoms with van der Waals surface area (Å²) in [5.41, 5.74) is 0.409. The van der Waals surface area contributed by atoms with Crippen LogP contribution in [0.3, 0.4) is 0 Å². The van der Waals surface area contributed by atoms with E-state index in [0.29, 0.717) is 17.2 Å². The Hall–Kier alpha value is -1.48. The summed E-state index contributed by atoms with van der Waals surface area (Å²) in [5, 5.41) is 0. The molecule has 0 aliphatic rings. The number of hydrogen-bond donors (Lipinski definition) is 1. The topological polar surface area (TPSA) is 64.6 Å². The Balaban J connectivity index is 2.34. The second-order valence-electron chi connectivity index (χ2n) is 5.06. The van der Waals surface area contributed by atoms with Crippen LogP contribution in [0.5, 0.6) is 11.5 Å². The fourth-order valence-corrected chi connectivity index (χ4v) is 3.97. The number of ether oxygens (including phenoxy) is 2. The standard InChI is InChI=1S/C16H18INO4S/c1-11(2)22-16-7-5-4-6-14(16)18-23(19,20)12-8-9-15(21-3)13(17)10-12/h4-11,18H,1-3H3. The summed E-state index contributed by atoms with van der Waals surface area (Å²) in [4.78, 5) is 0.169. The number of anilines is 1. The molecule has 0 radical (unpaired) electrons. The molecule has 0 heterocycles. The van der Waals surface area contributed by atoms with E-state index in [-0.39, 0.29) is 11.0 Å². The first-order chi connectivity index (χ1) is 10.8. The molecule has 0 fully saturated rings. The van der Waals surface area contributed by atoms with Gasteiger partial charge in [0.05, 0.1) is 27.4 Å². The molecular formula is C16H18INO4S. The molecule has 0 amide bonds. The average Bonchev–Trinajstić information content (AvgIpc) is 2.48. The lowest BCUT2D eigenvalue weighted by molar-refractivity contribution is 0.244. The summed E-state index contributed by atoms with van der Waals surface area (Å²) < 4.78 is 39.2. The zero-order chi connectivity index (χ0) is 17.0. The van der Waals surface area contributed by atoms with Crippen LogP contribution in [-0.4, -0.2) is 21.6 Å². The fourth-order valence-electron chi connectivity index (χ4n) is 1.93. The van der Waals surface area contributed by atoms with Gasteiger partial charge in [-0.1, -0.05) is 12.1 Å². The second-order valence-corrected chi connectivity index (χ2v) is 7.91. The number of para-hydroxylation sites is 2. The number of sulfonamides is 1. The molecule has 2 aromatic carbocycles. The van der Waals surface area contributed by atoms with E-state index in [2.05, 4.69) is 4.72 Å². The van der Waals surface area contributed by atoms with E-state index < -0.39 is 10.0 Å². The third-order valence-electron chi connectivity index (χ3n) is 2.93. The Morgan fingerprint density at radius 1 is 1.09 bits per heavy atom. The Labute approximate surface area is 150 Å². The zero-order valence-electron chi connectivity index (χ0n) is 13.0. The van der Waals surface area contributed by atoms with Gasteiger partial charge in [0.15, 0.2) is 0 Å². The van der Waals surface area contributed by atoms with Crippen molar-refractivity contribution >= 4 is 38.3 Å². The molecule has 0 atom stereocenters. The smallest absolute Gasteiger partial charge is 0.262 e. The van der Waals surface area contributed by atoms with Gasteiger partial charge in [-0.05, 0) is 66.8 Å². The van der Waals surface area contributed by atoms with Gasteiger partial charge in [0.1, 0.15) is 11.5 Å². The maximum absolute atomic E-state index is 12.6. The molecule has 2 rings (SSSR count). The minimum absolute atomic E-state index is 0.0532. The molecule has 1 N–H and O–H groups in total. The number of nitrogens with one attached hydrogen (secondary N) is 1. The third kappa shape index (κ3) is 4.51. The van der Waals surface area contributed by atoms with Crippen molar-refractivity contribution in [3.8, 4) is 11.5 Å². The van der Waals surface area contributed by atoms with Crippen molar-refractivity contribution in [2.75, 3.05) is 11.8 Å². The molecule has 0 unspecified atom stereocenters. The van der Waals surface area contributed by atoms with Crippen LogP contribution in [0.25, 0.3) is 0 Å². The minimum atomic E-state index is -3.71. The van der Waals surface area contributed by atoms with Crippen LogP contribution >= 0.6 is 22.6 Å². The second kappa shape index (κ2) is 7.39. The van der Waals surface area contributed by atoms with Gasteiger partial charge in [0.2, 0.25) is 0 Å². The van der Waals surface area contributed by atoms with Gasteiger partial charge < -0.3 is 9.47 Å². The van der Waals surface area contributed by atoms with Crippen molar-refractivity contribution in [1.82, 2.24) is 0 Å². The first kappa shape index (κ1) is 17.9. The molecule has 2 aromatic rings. The summed E-state index contributed by atoms with van der Waals surface area (Å²) in [5.74, 6) is 1.13. The van der Waals surface area contributed by atoms with E-state index in [4.69, 9.17) is 9.47 Å². The lowest BCUT2D eigenvalue weighted by Gasteiger charge is -2.16. The van der Waals surface area contributed by atoms with Crippen molar-refractivity contribution in [1.29, 1.82) is 0 Å². The molecule has 0 aliphatic heterocycles. The van der Waals surface area contributed by atoms with Gasteiger partial charge in [-0.2, -0.15) is 0 Å². The number of benzene rings is 2. The molecule has 0 saturated carbocycles. The van der Waals surface area contributed by atoms with E-state index in [1.54, 1.807) is 43.5 Å². The highest BCUT2D eigenvalue weighted by molar-refractivity contribution is 14.1. The predicted octanol–water partition coefficient (Wildman–Crippen LogP) is 3.89. The van der Waals surface area contributed by atoms with Crippen LogP contribution < -0.4 is 14.2 Å². The van der Waals surface area contributed by atoms with E-state index in [9.17, 15) is 8.42 Å². The van der Waals surface area contributed by atoms with Gasteiger partial charge >= 0.3 is 0 Å². The van der Waals surface area contributed by atoms with Crippen molar-refractivity contribution in [2.24, 2.45) is 0 Å². The number of hydrogen-bond acceptors (Lipinski definition) is 4. The molecule has 0 bridgehead atoms. The summed E-state index contributed by atoms with van der Waals surface area (Å²) in [6, 6.07) is 11.7. The summed E-state index contributed by atoms with van der Waals surface area (Å²) in [6.07, 6.45) is -0.0532. The predicted molar refractivity (Wildman–Crippen MR) is 98.7 cm³/mol. The lowest BCUT2D eigenvalue weighted by atomic mass is 10.3. The molecule has 124 valence electrons. The zero-order valence-corrected chi connectivity index (χ0v) is 16.0. The van der Waals surface area contributed by atoms with Crippen molar-refractivity contribution in [2.45, 2.75) is 24.8 Å². The third-order valence-corrected chi connectivity index (χ3v) is 5.13. The van der Waals surface area contributed by atoms with Crippen LogP contribution in [-0.2, 0) is 10.0 Å². The molecule has 23 heavy (non-hydrogen) atoms. The van der Waals surface area contributed by atoms with E-state index >= 15 is 0 Å². The highest BCUT2D eigenvalue weighted by Gasteiger charge is 2.18. The largest absolute Gasteiger partial charge is 0.496 e. The summed E-state index contributed by atoms with van der Waals surface area (Å²) >= 11 is 2.04. The lowest BCUT2D eigenvalue weighted by Crippen LogP contribution is -2.15. The van der Waals surface area contributed by atoms with Gasteiger partial charge in [0, 0.05) is 0 Å². The molecular weight excluding hydrogens is 429 g/mol. The van der Waals surface area contributed by atoms with E-state index in [1.807, 2.05) is 36.4 Å². The van der Waals surface area contributed by atoms with Crippen molar-refractivity contribution in [3.63, 3.8) is 0 Å². The van der Waals surface area contributed by atoms with E-state index in [0.717, 1.165) is 3.57 Å². The molecule has 5 nitrogen and oxygen atoms in total. The Bertz CT molecular complexity index is 790. The Kier molecular flexibility index (Phi) is 5.74. The number of halogens is 1. The maximum atomic E-state index is 12.6. The molecule has 0 spiro atoms. The normalized spacial score (nSPS) is 11.3. The molecule has 0 saturated heterocycles. The Morgan fingerprint density at radius 2 is 1.78 bits per heavy atom. The summed E-state index contributed by atoms with van der Waals surface area (Å²) in [6.45, 7) is 3.77. The van der Waals surface area contributed by atoms with Crippen LogP contribution in [0.1, 0.15) is 13.8 Å². The summed E-state index contributed by atoms with van der Waals surface area (Å²) in [7, 11) is -2.16. The fraction of sp³-hybridized carbons (Fsp3) is 0.250. The van der Waals surface area contributed by atoms with Gasteiger partial charge in [-0.25, -0.2) is 8.42 Å². The van der Waals surface area contributed by atoms with Gasteiger partial charge in [-0.3, -0.25) is 4.72 Å². The number of rotatable bonds is 6. The molecule has 7 heteroatoms. The molecule has 0 aromatic heterocycles.